The Morgan fingerprint density at radius 3 is 2.88 bits per heavy atom. The van der Waals surface area contributed by atoms with Crippen LogP contribution >= 0.6 is 11.3 Å². The molecule has 2 heterocycles. The Kier molecular flexibility index (Phi) is 4.83. The molecule has 0 bridgehead atoms. The van der Waals surface area contributed by atoms with Crippen LogP contribution in [-0.4, -0.2) is 27.4 Å². The average molecular weight is 255 g/mol. The normalized spacial score (nSPS) is 19.2. The van der Waals surface area contributed by atoms with Crippen molar-refractivity contribution in [2.45, 2.75) is 25.3 Å². The summed E-state index contributed by atoms with van der Waals surface area (Å²) in [6, 6.07) is 2.59. The summed E-state index contributed by atoms with van der Waals surface area (Å²) in [4.78, 5) is 1.37. The summed E-state index contributed by atoms with van der Waals surface area (Å²) in [6.45, 7) is 1.85. The van der Waals surface area contributed by atoms with Crippen LogP contribution in [0.3, 0.4) is 0 Å². The molecule has 4 heteroatoms. The highest BCUT2D eigenvalue weighted by Gasteiger charge is 2.20. The highest BCUT2D eigenvalue weighted by molar-refractivity contribution is 7.10. The summed E-state index contributed by atoms with van der Waals surface area (Å²) < 4.78 is 10.6. The van der Waals surface area contributed by atoms with Crippen molar-refractivity contribution in [3.05, 3.63) is 16.3 Å². The van der Waals surface area contributed by atoms with Crippen molar-refractivity contribution in [1.29, 1.82) is 0 Å². The first-order valence-corrected chi connectivity index (χ1v) is 7.09. The molecule has 0 radical (unpaired) electrons. The van der Waals surface area contributed by atoms with Gasteiger partial charge in [0.05, 0.1) is 7.11 Å². The maximum Gasteiger partial charge on any atom is 0.129 e. The van der Waals surface area contributed by atoms with Gasteiger partial charge in [-0.3, -0.25) is 0 Å². The van der Waals surface area contributed by atoms with Crippen molar-refractivity contribution >= 4 is 11.3 Å². The van der Waals surface area contributed by atoms with Crippen LogP contribution in [0, 0.1) is 5.92 Å². The Morgan fingerprint density at radius 1 is 1.53 bits per heavy atom. The third-order valence-corrected chi connectivity index (χ3v) is 4.46. The average Bonchev–Trinajstić information content (AvgIpc) is 2.86. The minimum atomic E-state index is 0.451. The Morgan fingerprint density at radius 2 is 2.29 bits per heavy atom. The van der Waals surface area contributed by atoms with E-state index >= 15 is 0 Å². The fourth-order valence-corrected chi connectivity index (χ4v) is 3.29. The first kappa shape index (κ1) is 12.9. The lowest BCUT2D eigenvalue weighted by molar-refractivity contribution is 0.0609. The van der Waals surface area contributed by atoms with Gasteiger partial charge >= 0.3 is 0 Å². The molecule has 1 unspecified atom stereocenters. The van der Waals surface area contributed by atoms with Crippen molar-refractivity contribution < 1.29 is 9.47 Å². The molecule has 0 spiro atoms. The van der Waals surface area contributed by atoms with E-state index in [0.29, 0.717) is 6.04 Å². The molecule has 0 amide bonds. The Bertz CT molecular complexity index is 334. The standard InChI is InChI=1S/C13H21NO2S/c1-14-12(7-10-3-5-16-6-4-10)13-8-11(15-2)9-17-13/h8-10,12,14H,3-7H2,1-2H3. The van der Waals surface area contributed by atoms with Gasteiger partial charge in [-0.25, -0.2) is 0 Å². The van der Waals surface area contributed by atoms with Crippen LogP contribution in [0.25, 0.3) is 0 Å². The first-order valence-electron chi connectivity index (χ1n) is 6.21. The minimum absolute atomic E-state index is 0.451. The molecule has 0 aromatic carbocycles. The zero-order valence-corrected chi connectivity index (χ0v) is 11.4. The van der Waals surface area contributed by atoms with E-state index in [1.807, 2.05) is 7.05 Å². The topological polar surface area (TPSA) is 30.5 Å². The molecule has 1 aromatic heterocycles. The highest BCUT2D eigenvalue weighted by atomic mass is 32.1. The van der Waals surface area contributed by atoms with E-state index < -0.39 is 0 Å². The molecule has 0 aliphatic carbocycles. The highest BCUT2D eigenvalue weighted by Crippen LogP contribution is 2.32. The van der Waals surface area contributed by atoms with Gasteiger partial charge in [0.2, 0.25) is 0 Å². The molecular formula is C13H21NO2S. The molecule has 0 saturated carbocycles. The molecule has 1 aromatic rings. The van der Waals surface area contributed by atoms with E-state index in [-0.39, 0.29) is 0 Å². The molecule has 1 fully saturated rings. The van der Waals surface area contributed by atoms with Gasteiger partial charge in [-0.05, 0) is 38.3 Å². The van der Waals surface area contributed by atoms with Gasteiger partial charge in [-0.1, -0.05) is 0 Å². The number of hydrogen-bond acceptors (Lipinski definition) is 4. The summed E-state index contributed by atoms with van der Waals surface area (Å²) in [7, 11) is 3.76. The van der Waals surface area contributed by atoms with Gasteiger partial charge in [0.25, 0.3) is 0 Å². The second-order valence-electron chi connectivity index (χ2n) is 4.52. The van der Waals surface area contributed by atoms with E-state index in [1.54, 1.807) is 18.4 Å². The summed E-state index contributed by atoms with van der Waals surface area (Å²) in [5.74, 6) is 1.76. The molecule has 1 aliphatic heterocycles. The molecule has 3 nitrogen and oxygen atoms in total. The maximum atomic E-state index is 5.40. The molecule has 1 saturated heterocycles. The molecule has 1 aliphatic rings. The number of nitrogens with one attached hydrogen (secondary N) is 1. The van der Waals surface area contributed by atoms with Crippen molar-refractivity contribution in [3.63, 3.8) is 0 Å². The lowest BCUT2D eigenvalue weighted by atomic mass is 9.92. The minimum Gasteiger partial charge on any atom is -0.496 e. The Labute approximate surface area is 107 Å². The van der Waals surface area contributed by atoms with Gasteiger partial charge < -0.3 is 14.8 Å². The predicted octanol–water partition coefficient (Wildman–Crippen LogP) is 2.83. The molecule has 17 heavy (non-hydrogen) atoms. The van der Waals surface area contributed by atoms with E-state index in [0.717, 1.165) is 24.9 Å². The second-order valence-corrected chi connectivity index (χ2v) is 5.46. The SMILES string of the molecule is CNC(CC1CCOCC1)c1cc(OC)cs1. The second kappa shape index (κ2) is 6.38. The number of methoxy groups -OCH3 is 1. The first-order chi connectivity index (χ1) is 8.33. The predicted molar refractivity (Wildman–Crippen MR) is 70.8 cm³/mol. The van der Waals surface area contributed by atoms with Crippen molar-refractivity contribution in [2.24, 2.45) is 5.92 Å². The maximum absolute atomic E-state index is 5.40. The van der Waals surface area contributed by atoms with E-state index in [2.05, 4.69) is 16.8 Å². The third kappa shape index (κ3) is 3.44. The van der Waals surface area contributed by atoms with Gasteiger partial charge in [0.1, 0.15) is 5.75 Å². The summed E-state index contributed by atoms with van der Waals surface area (Å²) in [5.41, 5.74) is 0. The molecule has 96 valence electrons. The van der Waals surface area contributed by atoms with Gasteiger partial charge in [-0.15, -0.1) is 11.3 Å². The van der Waals surface area contributed by atoms with Crippen molar-refractivity contribution in [1.82, 2.24) is 5.32 Å². The lowest BCUT2D eigenvalue weighted by Crippen LogP contribution is -2.23. The van der Waals surface area contributed by atoms with Crippen LogP contribution in [0.15, 0.2) is 11.4 Å². The number of rotatable bonds is 5. The zero-order valence-electron chi connectivity index (χ0n) is 10.6. The molecular weight excluding hydrogens is 234 g/mol. The number of thiophene rings is 1. The fraction of sp³-hybridized carbons (Fsp3) is 0.692. The van der Waals surface area contributed by atoms with E-state index in [1.165, 1.54) is 24.1 Å². The smallest absolute Gasteiger partial charge is 0.129 e. The van der Waals surface area contributed by atoms with Gasteiger partial charge in [0.15, 0.2) is 0 Å². The monoisotopic (exact) mass is 255 g/mol. The van der Waals surface area contributed by atoms with Crippen LogP contribution in [0.1, 0.15) is 30.2 Å². The van der Waals surface area contributed by atoms with E-state index in [4.69, 9.17) is 9.47 Å². The van der Waals surface area contributed by atoms with Crippen molar-refractivity contribution in [3.8, 4) is 5.75 Å². The lowest BCUT2D eigenvalue weighted by Gasteiger charge is -2.26. The summed E-state index contributed by atoms with van der Waals surface area (Å²) in [5, 5.41) is 5.49. The van der Waals surface area contributed by atoms with Crippen LogP contribution < -0.4 is 10.1 Å². The molecule has 1 atom stereocenters. The van der Waals surface area contributed by atoms with Crippen LogP contribution in [0.4, 0.5) is 0 Å². The zero-order chi connectivity index (χ0) is 12.1. The molecule has 1 N–H and O–H groups in total. The van der Waals surface area contributed by atoms with Crippen LogP contribution in [0.2, 0.25) is 0 Å². The largest absolute Gasteiger partial charge is 0.496 e. The Balaban J connectivity index is 1.95. The third-order valence-electron chi connectivity index (χ3n) is 3.43. The van der Waals surface area contributed by atoms with Crippen LogP contribution in [-0.2, 0) is 4.74 Å². The summed E-state index contributed by atoms with van der Waals surface area (Å²) in [6.07, 6.45) is 3.59. The molecule has 2 rings (SSSR count). The quantitative estimate of drug-likeness (QED) is 0.877. The Hall–Kier alpha value is -0.580. The van der Waals surface area contributed by atoms with E-state index in [9.17, 15) is 0 Å². The van der Waals surface area contributed by atoms with Gasteiger partial charge in [-0.2, -0.15) is 0 Å². The van der Waals surface area contributed by atoms with Crippen LogP contribution in [0.5, 0.6) is 5.75 Å². The van der Waals surface area contributed by atoms with Crippen molar-refractivity contribution in [2.75, 3.05) is 27.4 Å². The van der Waals surface area contributed by atoms with Gasteiger partial charge in [0, 0.05) is 29.5 Å². The number of ether oxygens (including phenoxy) is 2. The summed E-state index contributed by atoms with van der Waals surface area (Å²) >= 11 is 1.78. The fourth-order valence-electron chi connectivity index (χ4n) is 2.32. The number of hydrogen-bond donors (Lipinski definition) is 1.